The molecule has 3 rings (SSSR count). The molecule has 1 aliphatic rings. The lowest BCUT2D eigenvalue weighted by molar-refractivity contribution is -0.122. The van der Waals surface area contributed by atoms with Crippen molar-refractivity contribution in [1.29, 1.82) is 0 Å². The van der Waals surface area contributed by atoms with Crippen LogP contribution in [0.15, 0.2) is 46.9 Å². The topological polar surface area (TPSA) is 75.7 Å². The van der Waals surface area contributed by atoms with E-state index >= 15 is 0 Å². The molecule has 1 aliphatic heterocycles. The van der Waals surface area contributed by atoms with Crippen LogP contribution in [-0.2, 0) is 14.8 Å². The summed E-state index contributed by atoms with van der Waals surface area (Å²) in [6.45, 7) is -0.136. The van der Waals surface area contributed by atoms with Crippen LogP contribution in [0.2, 0.25) is 5.02 Å². The smallest absolute Gasteiger partial charge is 0.267 e. The number of benzene rings is 2. The van der Waals surface area contributed by atoms with Gasteiger partial charge in [0.05, 0.1) is 24.2 Å². The summed E-state index contributed by atoms with van der Waals surface area (Å²) in [7, 11) is -3.60. The number of fused-ring (bicyclic) bond motifs is 1. The molecule has 1 N–H and O–H groups in total. The molecule has 0 fully saturated rings. The molecule has 25 heavy (non-hydrogen) atoms. The van der Waals surface area contributed by atoms with Crippen LogP contribution >= 0.6 is 27.5 Å². The molecule has 9 heteroatoms. The summed E-state index contributed by atoms with van der Waals surface area (Å²) >= 11 is 9.30. The number of amides is 1. The molecule has 0 saturated heterocycles. The molecule has 0 saturated carbocycles. The van der Waals surface area contributed by atoms with Gasteiger partial charge in [-0.1, -0.05) is 23.7 Å². The fraction of sp³-hybridized carbons (Fsp3) is 0.188. The van der Waals surface area contributed by atoms with Crippen molar-refractivity contribution in [2.45, 2.75) is 6.10 Å². The van der Waals surface area contributed by atoms with Crippen LogP contribution in [0, 0.1) is 0 Å². The molecule has 1 unspecified atom stereocenters. The van der Waals surface area contributed by atoms with Crippen LogP contribution in [0.25, 0.3) is 0 Å². The van der Waals surface area contributed by atoms with Crippen molar-refractivity contribution < 1.29 is 17.9 Å². The SMILES string of the molecule is CS(=O)(=O)N1CC(C(=O)Nc2ccccc2Br)Oc2ccc(Cl)cc21. The quantitative estimate of drug-likeness (QED) is 0.787. The first-order chi connectivity index (χ1) is 11.8. The van der Waals surface area contributed by atoms with Crippen LogP contribution in [0.3, 0.4) is 0 Å². The first-order valence-electron chi connectivity index (χ1n) is 7.25. The number of para-hydroxylation sites is 1. The minimum Gasteiger partial charge on any atom is -0.476 e. The van der Waals surface area contributed by atoms with Gasteiger partial charge in [0, 0.05) is 9.50 Å². The van der Waals surface area contributed by atoms with Gasteiger partial charge in [-0.25, -0.2) is 8.42 Å². The number of carbonyl (C=O) groups is 1. The number of anilines is 2. The minimum absolute atomic E-state index is 0.136. The molecule has 1 amide bonds. The van der Waals surface area contributed by atoms with Crippen molar-refractivity contribution in [3.05, 3.63) is 52.0 Å². The zero-order chi connectivity index (χ0) is 18.2. The van der Waals surface area contributed by atoms with Gasteiger partial charge in [0.1, 0.15) is 5.75 Å². The van der Waals surface area contributed by atoms with E-state index in [1.807, 2.05) is 6.07 Å². The summed E-state index contributed by atoms with van der Waals surface area (Å²) in [5, 5.41) is 3.12. The Morgan fingerprint density at radius 2 is 2.04 bits per heavy atom. The lowest BCUT2D eigenvalue weighted by Gasteiger charge is -2.34. The van der Waals surface area contributed by atoms with Gasteiger partial charge in [0.25, 0.3) is 5.91 Å². The summed E-state index contributed by atoms with van der Waals surface area (Å²) in [6, 6.07) is 11.7. The number of nitrogens with zero attached hydrogens (tertiary/aromatic N) is 1. The van der Waals surface area contributed by atoms with E-state index in [-0.39, 0.29) is 12.3 Å². The largest absolute Gasteiger partial charge is 0.476 e. The van der Waals surface area contributed by atoms with Gasteiger partial charge in [0.2, 0.25) is 10.0 Å². The lowest BCUT2D eigenvalue weighted by Crippen LogP contribution is -2.48. The molecule has 2 aromatic carbocycles. The van der Waals surface area contributed by atoms with Crippen molar-refractivity contribution >= 4 is 54.8 Å². The average molecular weight is 446 g/mol. The Balaban J connectivity index is 1.90. The lowest BCUT2D eigenvalue weighted by atomic mass is 10.2. The number of hydrogen-bond acceptors (Lipinski definition) is 4. The summed E-state index contributed by atoms with van der Waals surface area (Å²) in [4.78, 5) is 12.6. The molecule has 0 aromatic heterocycles. The predicted molar refractivity (Wildman–Crippen MR) is 101 cm³/mol. The van der Waals surface area contributed by atoms with Crippen molar-refractivity contribution in [3.8, 4) is 5.75 Å². The Labute approximate surface area is 158 Å². The highest BCUT2D eigenvalue weighted by Gasteiger charge is 2.35. The Bertz CT molecular complexity index is 935. The van der Waals surface area contributed by atoms with Crippen molar-refractivity contribution in [2.75, 3.05) is 22.4 Å². The molecule has 132 valence electrons. The number of sulfonamides is 1. The fourth-order valence-electron chi connectivity index (χ4n) is 2.45. The monoisotopic (exact) mass is 444 g/mol. The van der Waals surface area contributed by atoms with Crippen LogP contribution in [0.4, 0.5) is 11.4 Å². The van der Waals surface area contributed by atoms with Gasteiger partial charge in [-0.3, -0.25) is 9.10 Å². The van der Waals surface area contributed by atoms with Crippen LogP contribution < -0.4 is 14.4 Å². The van der Waals surface area contributed by atoms with E-state index in [9.17, 15) is 13.2 Å². The van der Waals surface area contributed by atoms with Gasteiger partial charge >= 0.3 is 0 Å². The third kappa shape index (κ3) is 3.91. The first kappa shape index (κ1) is 18.0. The number of nitrogens with one attached hydrogen (secondary N) is 1. The molecule has 1 heterocycles. The van der Waals surface area contributed by atoms with Crippen LogP contribution in [0.1, 0.15) is 0 Å². The van der Waals surface area contributed by atoms with Gasteiger partial charge in [0.15, 0.2) is 6.10 Å². The van der Waals surface area contributed by atoms with Crippen molar-refractivity contribution in [1.82, 2.24) is 0 Å². The molecule has 0 aliphatic carbocycles. The highest BCUT2D eigenvalue weighted by molar-refractivity contribution is 9.10. The highest BCUT2D eigenvalue weighted by Crippen LogP contribution is 2.37. The Kier molecular flexibility index (Phi) is 4.95. The summed E-state index contributed by atoms with van der Waals surface area (Å²) in [5.41, 5.74) is 0.892. The maximum Gasteiger partial charge on any atom is 0.267 e. The molecule has 0 spiro atoms. The Hall–Kier alpha value is -1.77. The average Bonchev–Trinajstić information content (AvgIpc) is 2.55. The number of rotatable bonds is 3. The molecular formula is C16H14BrClN2O4S. The second-order valence-electron chi connectivity index (χ2n) is 5.48. The predicted octanol–water partition coefficient (Wildman–Crippen LogP) is 3.27. The van der Waals surface area contributed by atoms with E-state index in [2.05, 4.69) is 21.2 Å². The molecule has 1 atom stereocenters. The minimum atomic E-state index is -3.60. The van der Waals surface area contributed by atoms with E-state index in [4.69, 9.17) is 16.3 Å². The molecule has 0 bridgehead atoms. The number of hydrogen-bond donors (Lipinski definition) is 1. The number of carbonyl (C=O) groups excluding carboxylic acids is 1. The summed E-state index contributed by atoms with van der Waals surface area (Å²) in [5.74, 6) is -0.158. The normalized spacial score (nSPS) is 16.8. The van der Waals surface area contributed by atoms with Gasteiger partial charge in [-0.15, -0.1) is 0 Å². The second kappa shape index (κ2) is 6.86. The Morgan fingerprint density at radius 3 is 2.72 bits per heavy atom. The second-order valence-corrected chi connectivity index (χ2v) is 8.68. The molecular weight excluding hydrogens is 432 g/mol. The maximum absolute atomic E-state index is 12.6. The molecule has 0 radical (unpaired) electrons. The summed E-state index contributed by atoms with van der Waals surface area (Å²) in [6.07, 6.45) is 0.0849. The highest BCUT2D eigenvalue weighted by atomic mass is 79.9. The van der Waals surface area contributed by atoms with Gasteiger partial charge in [-0.2, -0.15) is 0 Å². The third-order valence-electron chi connectivity index (χ3n) is 3.62. The molecule has 6 nitrogen and oxygen atoms in total. The summed E-state index contributed by atoms with van der Waals surface area (Å²) < 4.78 is 31.8. The zero-order valence-corrected chi connectivity index (χ0v) is 16.2. The van der Waals surface area contributed by atoms with Crippen LogP contribution in [-0.4, -0.2) is 33.2 Å². The standard InChI is InChI=1S/C16H14BrClN2O4S/c1-25(22,23)20-9-15(24-14-7-6-10(18)8-13(14)20)16(21)19-12-5-3-2-4-11(12)17/h2-8,15H,9H2,1H3,(H,19,21). The fourth-order valence-corrected chi connectivity index (χ4v) is 3.91. The van der Waals surface area contributed by atoms with E-state index in [0.717, 1.165) is 10.6 Å². The van der Waals surface area contributed by atoms with E-state index < -0.39 is 22.0 Å². The number of halogens is 2. The van der Waals surface area contributed by atoms with Crippen LogP contribution in [0.5, 0.6) is 5.75 Å². The Morgan fingerprint density at radius 1 is 1.32 bits per heavy atom. The van der Waals surface area contributed by atoms with Crippen molar-refractivity contribution in [3.63, 3.8) is 0 Å². The van der Waals surface area contributed by atoms with Crippen molar-refractivity contribution in [2.24, 2.45) is 0 Å². The molecule has 2 aromatic rings. The third-order valence-corrected chi connectivity index (χ3v) is 5.69. The first-order valence-corrected chi connectivity index (χ1v) is 10.3. The number of ether oxygens (including phenoxy) is 1. The van der Waals surface area contributed by atoms with Gasteiger partial charge < -0.3 is 10.1 Å². The zero-order valence-electron chi connectivity index (χ0n) is 13.1. The van der Waals surface area contributed by atoms with Gasteiger partial charge in [-0.05, 0) is 46.3 Å². The van der Waals surface area contributed by atoms with E-state index in [1.54, 1.807) is 30.3 Å². The maximum atomic E-state index is 12.6. The van der Waals surface area contributed by atoms with E-state index in [0.29, 0.717) is 20.9 Å². The van der Waals surface area contributed by atoms with E-state index in [1.165, 1.54) is 6.07 Å².